The molecule has 0 radical (unpaired) electrons. The Morgan fingerprint density at radius 3 is 2.15 bits per heavy atom. The monoisotopic (exact) mass is 392 g/mol. The van der Waals surface area contributed by atoms with Crippen LogP contribution in [0.4, 0.5) is 0 Å². The third-order valence-electron chi connectivity index (χ3n) is 5.06. The summed E-state index contributed by atoms with van der Waals surface area (Å²) in [7, 11) is 0. The summed E-state index contributed by atoms with van der Waals surface area (Å²) in [5.74, 6) is 0.448. The van der Waals surface area contributed by atoms with Gasteiger partial charge in [-0.15, -0.1) is 0 Å². The van der Waals surface area contributed by atoms with Gasteiger partial charge in [-0.1, -0.05) is 56.5 Å². The summed E-state index contributed by atoms with van der Waals surface area (Å²) in [4.78, 5) is 12.4. The number of nitrogens with one attached hydrogen (secondary N) is 1. The number of hydrazone groups is 1. The predicted octanol–water partition coefficient (Wildman–Crippen LogP) is 6.19. The van der Waals surface area contributed by atoms with Gasteiger partial charge in [-0.05, 0) is 63.3 Å². The van der Waals surface area contributed by atoms with Gasteiger partial charge in [0.25, 0.3) is 5.91 Å². The highest BCUT2D eigenvalue weighted by atomic mass is 35.5. The molecule has 1 aromatic rings. The summed E-state index contributed by atoms with van der Waals surface area (Å²) in [6.07, 6.45) is 12.9. The van der Waals surface area contributed by atoms with Crippen molar-refractivity contribution >= 4 is 23.2 Å². The van der Waals surface area contributed by atoms with Crippen LogP contribution in [0.15, 0.2) is 23.3 Å². The number of hydrogen-bond donors (Lipinski definition) is 1. The minimum absolute atomic E-state index is 0.219. The topological polar surface area (TPSA) is 50.7 Å². The van der Waals surface area contributed by atoms with E-state index in [0.717, 1.165) is 37.0 Å². The first-order valence-corrected chi connectivity index (χ1v) is 10.7. The van der Waals surface area contributed by atoms with E-state index < -0.39 is 6.10 Å². The van der Waals surface area contributed by atoms with E-state index in [0.29, 0.717) is 10.8 Å². The number of amides is 1. The molecule has 0 spiro atoms. The highest BCUT2D eigenvalue weighted by Gasteiger charge is 2.15. The second-order valence-electron chi connectivity index (χ2n) is 7.51. The maximum atomic E-state index is 12.4. The molecule has 0 aliphatic heterocycles. The molecule has 1 fully saturated rings. The van der Waals surface area contributed by atoms with Crippen molar-refractivity contribution in [1.82, 2.24) is 5.43 Å². The van der Waals surface area contributed by atoms with Crippen molar-refractivity contribution in [3.63, 3.8) is 0 Å². The molecule has 1 saturated carbocycles. The Bertz CT molecular complexity index is 617. The summed E-state index contributed by atoms with van der Waals surface area (Å²) in [5.41, 5.74) is 4.73. The Morgan fingerprint density at radius 1 is 1.04 bits per heavy atom. The predicted molar refractivity (Wildman–Crippen MR) is 113 cm³/mol. The van der Waals surface area contributed by atoms with Crippen LogP contribution in [0.1, 0.15) is 83.1 Å². The van der Waals surface area contributed by atoms with E-state index in [4.69, 9.17) is 16.3 Å². The van der Waals surface area contributed by atoms with E-state index in [2.05, 4.69) is 10.5 Å². The number of rotatable bonds is 4. The molecule has 1 aromatic carbocycles. The van der Waals surface area contributed by atoms with Crippen molar-refractivity contribution in [2.24, 2.45) is 5.10 Å². The van der Waals surface area contributed by atoms with Crippen molar-refractivity contribution in [3.8, 4) is 5.75 Å². The van der Waals surface area contributed by atoms with E-state index in [1.165, 1.54) is 44.9 Å². The third kappa shape index (κ3) is 8.34. The minimum Gasteiger partial charge on any atom is -0.481 e. The third-order valence-corrected chi connectivity index (χ3v) is 5.30. The highest BCUT2D eigenvalue weighted by Crippen LogP contribution is 2.23. The first kappa shape index (κ1) is 21.7. The number of ether oxygens (including phenoxy) is 1. The second kappa shape index (κ2) is 12.0. The fraction of sp³-hybridized carbons (Fsp3) is 0.636. The second-order valence-corrected chi connectivity index (χ2v) is 7.94. The maximum absolute atomic E-state index is 12.4. The Kier molecular flexibility index (Phi) is 9.68. The van der Waals surface area contributed by atoms with Gasteiger partial charge in [0.05, 0.1) is 0 Å². The zero-order valence-corrected chi connectivity index (χ0v) is 17.5. The van der Waals surface area contributed by atoms with Crippen LogP contribution in [-0.4, -0.2) is 17.7 Å². The Hall–Kier alpha value is -1.55. The Balaban J connectivity index is 1.87. The first-order valence-electron chi connectivity index (χ1n) is 10.3. The van der Waals surface area contributed by atoms with Gasteiger partial charge in [-0.25, -0.2) is 5.43 Å². The first-order chi connectivity index (χ1) is 13.1. The molecule has 0 aromatic heterocycles. The van der Waals surface area contributed by atoms with Gasteiger partial charge >= 0.3 is 0 Å². The van der Waals surface area contributed by atoms with Crippen LogP contribution >= 0.6 is 11.6 Å². The molecule has 1 aliphatic rings. The number of hydrogen-bond acceptors (Lipinski definition) is 3. The van der Waals surface area contributed by atoms with Gasteiger partial charge in [0, 0.05) is 10.7 Å². The van der Waals surface area contributed by atoms with Gasteiger partial charge in [-0.3, -0.25) is 4.79 Å². The molecule has 5 heteroatoms. The molecule has 1 N–H and O–H groups in total. The molecule has 2 rings (SSSR count). The molecule has 150 valence electrons. The summed E-state index contributed by atoms with van der Waals surface area (Å²) in [6, 6.07) is 5.38. The molecule has 1 aliphatic carbocycles. The van der Waals surface area contributed by atoms with Gasteiger partial charge in [-0.2, -0.15) is 5.10 Å². The van der Waals surface area contributed by atoms with Crippen LogP contribution in [0.5, 0.6) is 5.75 Å². The van der Waals surface area contributed by atoms with Crippen molar-refractivity contribution in [3.05, 3.63) is 28.8 Å². The fourth-order valence-corrected chi connectivity index (χ4v) is 3.57. The molecular weight excluding hydrogens is 360 g/mol. The van der Waals surface area contributed by atoms with E-state index in [1.807, 2.05) is 13.0 Å². The SMILES string of the molecule is Cc1cc(Cl)ccc1OC(C)C(=O)NN=C1CCCCCCCCCCC1. The summed E-state index contributed by atoms with van der Waals surface area (Å²) in [5, 5.41) is 5.08. The normalized spacial score (nSPS) is 18.0. The Labute approximate surface area is 168 Å². The smallest absolute Gasteiger partial charge is 0.280 e. The van der Waals surface area contributed by atoms with Crippen LogP contribution in [0.3, 0.4) is 0 Å². The Morgan fingerprint density at radius 2 is 1.59 bits per heavy atom. The van der Waals surface area contributed by atoms with Gasteiger partial charge in [0.2, 0.25) is 0 Å². The number of carbonyl (C=O) groups excluding carboxylic acids is 1. The summed E-state index contributed by atoms with van der Waals surface area (Å²) >= 11 is 5.97. The summed E-state index contributed by atoms with van der Waals surface area (Å²) < 4.78 is 5.77. The average Bonchev–Trinajstić information content (AvgIpc) is 2.63. The van der Waals surface area contributed by atoms with Crippen LogP contribution < -0.4 is 10.2 Å². The molecule has 27 heavy (non-hydrogen) atoms. The lowest BCUT2D eigenvalue weighted by molar-refractivity contribution is -0.127. The minimum atomic E-state index is -0.611. The molecule has 1 amide bonds. The highest BCUT2D eigenvalue weighted by molar-refractivity contribution is 6.30. The lowest BCUT2D eigenvalue weighted by Gasteiger charge is -2.15. The molecular formula is C22H33ClN2O2. The molecule has 0 saturated heterocycles. The van der Waals surface area contributed by atoms with E-state index in [-0.39, 0.29) is 5.91 Å². The fourth-order valence-electron chi connectivity index (χ4n) is 3.35. The van der Waals surface area contributed by atoms with Crippen LogP contribution in [0, 0.1) is 6.92 Å². The van der Waals surface area contributed by atoms with Gasteiger partial charge in [0.15, 0.2) is 6.10 Å². The lowest BCUT2D eigenvalue weighted by atomic mass is 10.00. The molecule has 0 heterocycles. The van der Waals surface area contributed by atoms with Crippen molar-refractivity contribution in [2.75, 3.05) is 0 Å². The average molecular weight is 393 g/mol. The van der Waals surface area contributed by atoms with Crippen LogP contribution in [-0.2, 0) is 4.79 Å². The van der Waals surface area contributed by atoms with Crippen LogP contribution in [0.25, 0.3) is 0 Å². The number of benzene rings is 1. The lowest BCUT2D eigenvalue weighted by Crippen LogP contribution is -2.34. The zero-order valence-electron chi connectivity index (χ0n) is 16.7. The number of aryl methyl sites for hydroxylation is 1. The van der Waals surface area contributed by atoms with Gasteiger partial charge in [0.1, 0.15) is 5.75 Å². The van der Waals surface area contributed by atoms with Crippen molar-refractivity contribution in [2.45, 2.75) is 90.6 Å². The molecule has 4 nitrogen and oxygen atoms in total. The number of halogens is 1. The molecule has 0 bridgehead atoms. The van der Waals surface area contributed by atoms with Crippen LogP contribution in [0.2, 0.25) is 5.02 Å². The van der Waals surface area contributed by atoms with Crippen molar-refractivity contribution in [1.29, 1.82) is 0 Å². The standard InChI is InChI=1S/C22H33ClN2O2/c1-17-16-19(23)14-15-21(17)27-18(2)22(26)25-24-20-12-10-8-6-4-3-5-7-9-11-13-20/h14-16,18H,3-13H2,1-2H3,(H,25,26). The van der Waals surface area contributed by atoms with E-state index in [1.54, 1.807) is 19.1 Å². The number of carbonyl (C=O) groups is 1. The van der Waals surface area contributed by atoms with E-state index >= 15 is 0 Å². The molecule has 1 atom stereocenters. The quantitative estimate of drug-likeness (QED) is 0.620. The largest absolute Gasteiger partial charge is 0.481 e. The summed E-state index contributed by atoms with van der Waals surface area (Å²) in [6.45, 7) is 3.65. The van der Waals surface area contributed by atoms with E-state index in [9.17, 15) is 4.79 Å². The number of nitrogens with zero attached hydrogens (tertiary/aromatic N) is 1. The van der Waals surface area contributed by atoms with Gasteiger partial charge < -0.3 is 4.74 Å². The molecule has 1 unspecified atom stereocenters. The zero-order chi connectivity index (χ0) is 19.5. The van der Waals surface area contributed by atoms with Crippen molar-refractivity contribution < 1.29 is 9.53 Å². The maximum Gasteiger partial charge on any atom is 0.280 e.